The Morgan fingerprint density at radius 3 is 2.78 bits per heavy atom. The van der Waals surface area contributed by atoms with Gasteiger partial charge in [-0.25, -0.2) is 0 Å². The van der Waals surface area contributed by atoms with Gasteiger partial charge in [0, 0.05) is 25.2 Å². The number of rotatable bonds is 3. The molecule has 2 heteroatoms. The number of hydrogen-bond acceptors (Lipinski definition) is 2. The van der Waals surface area contributed by atoms with Crippen LogP contribution in [0.4, 0.5) is 0 Å². The minimum absolute atomic E-state index is 0.249. The van der Waals surface area contributed by atoms with E-state index in [2.05, 4.69) is 24.3 Å². The van der Waals surface area contributed by atoms with Crippen LogP contribution in [0.3, 0.4) is 0 Å². The third-order valence-corrected chi connectivity index (χ3v) is 4.87. The summed E-state index contributed by atoms with van der Waals surface area (Å²) in [5.74, 6) is 0.799. The zero-order valence-electron chi connectivity index (χ0n) is 11.0. The third kappa shape index (κ3) is 2.08. The Hall–Kier alpha value is -0.860. The SMILES string of the molecule is NCC1(CC2CCOCC2)CCc2ccccc21. The third-order valence-electron chi connectivity index (χ3n) is 4.87. The maximum Gasteiger partial charge on any atom is 0.0468 e. The molecule has 0 radical (unpaired) electrons. The van der Waals surface area contributed by atoms with Gasteiger partial charge >= 0.3 is 0 Å². The molecule has 2 nitrogen and oxygen atoms in total. The molecule has 1 aromatic rings. The topological polar surface area (TPSA) is 35.2 Å². The zero-order valence-corrected chi connectivity index (χ0v) is 11.0. The van der Waals surface area contributed by atoms with E-state index >= 15 is 0 Å². The van der Waals surface area contributed by atoms with Crippen LogP contribution in [0.5, 0.6) is 0 Å². The fourth-order valence-corrected chi connectivity index (χ4v) is 3.77. The van der Waals surface area contributed by atoms with Gasteiger partial charge < -0.3 is 10.5 Å². The summed E-state index contributed by atoms with van der Waals surface area (Å²) >= 11 is 0. The number of nitrogens with two attached hydrogens (primary N) is 1. The van der Waals surface area contributed by atoms with Gasteiger partial charge in [-0.3, -0.25) is 0 Å². The van der Waals surface area contributed by atoms with Crippen LogP contribution >= 0.6 is 0 Å². The van der Waals surface area contributed by atoms with E-state index in [9.17, 15) is 0 Å². The van der Waals surface area contributed by atoms with Crippen LogP contribution in [0.1, 0.15) is 36.8 Å². The lowest BCUT2D eigenvalue weighted by atomic mass is 9.73. The van der Waals surface area contributed by atoms with E-state index < -0.39 is 0 Å². The molecule has 1 aliphatic carbocycles. The number of ether oxygens (including phenoxy) is 1. The van der Waals surface area contributed by atoms with E-state index in [1.807, 2.05) is 0 Å². The van der Waals surface area contributed by atoms with Crippen LogP contribution in [-0.4, -0.2) is 19.8 Å². The quantitative estimate of drug-likeness (QED) is 0.888. The van der Waals surface area contributed by atoms with Gasteiger partial charge in [-0.05, 0) is 49.1 Å². The van der Waals surface area contributed by atoms with Gasteiger partial charge in [0.25, 0.3) is 0 Å². The normalized spacial score (nSPS) is 28.3. The molecule has 1 aromatic carbocycles. The Balaban J connectivity index is 1.83. The lowest BCUT2D eigenvalue weighted by molar-refractivity contribution is 0.0560. The van der Waals surface area contributed by atoms with Crippen LogP contribution in [0.2, 0.25) is 0 Å². The molecule has 1 unspecified atom stereocenters. The highest BCUT2D eigenvalue weighted by molar-refractivity contribution is 5.39. The fraction of sp³-hybridized carbons (Fsp3) is 0.625. The zero-order chi connectivity index (χ0) is 12.4. The van der Waals surface area contributed by atoms with Gasteiger partial charge in [0.1, 0.15) is 0 Å². The molecule has 2 aliphatic rings. The Labute approximate surface area is 110 Å². The molecule has 0 saturated carbocycles. The van der Waals surface area contributed by atoms with Crippen molar-refractivity contribution >= 4 is 0 Å². The standard InChI is InChI=1S/C16H23NO/c17-12-16(11-13-6-9-18-10-7-13)8-5-14-3-1-2-4-15(14)16/h1-4,13H,5-12,17H2. The Morgan fingerprint density at radius 1 is 1.22 bits per heavy atom. The Bertz CT molecular complexity index is 411. The van der Waals surface area contributed by atoms with Crippen molar-refractivity contribution in [3.63, 3.8) is 0 Å². The van der Waals surface area contributed by atoms with Crippen molar-refractivity contribution in [2.24, 2.45) is 11.7 Å². The number of benzene rings is 1. The summed E-state index contributed by atoms with van der Waals surface area (Å²) in [5.41, 5.74) is 9.47. The van der Waals surface area contributed by atoms with Gasteiger partial charge in [0.2, 0.25) is 0 Å². The maximum atomic E-state index is 6.17. The van der Waals surface area contributed by atoms with Crippen LogP contribution in [-0.2, 0) is 16.6 Å². The summed E-state index contributed by atoms with van der Waals surface area (Å²) < 4.78 is 5.47. The van der Waals surface area contributed by atoms with Crippen molar-refractivity contribution in [3.05, 3.63) is 35.4 Å². The first-order valence-electron chi connectivity index (χ1n) is 7.20. The summed E-state index contributed by atoms with van der Waals surface area (Å²) in [4.78, 5) is 0. The smallest absolute Gasteiger partial charge is 0.0468 e. The van der Waals surface area contributed by atoms with Gasteiger partial charge in [0.15, 0.2) is 0 Å². The van der Waals surface area contributed by atoms with Crippen LogP contribution < -0.4 is 5.73 Å². The van der Waals surface area contributed by atoms with Crippen LogP contribution in [0.15, 0.2) is 24.3 Å². The molecule has 0 aromatic heterocycles. The van der Waals surface area contributed by atoms with Gasteiger partial charge in [-0.2, -0.15) is 0 Å². The predicted molar refractivity (Wildman–Crippen MR) is 73.7 cm³/mol. The average molecular weight is 245 g/mol. The molecule has 0 spiro atoms. The van der Waals surface area contributed by atoms with Crippen molar-refractivity contribution < 1.29 is 4.74 Å². The molecule has 1 fully saturated rings. The fourth-order valence-electron chi connectivity index (χ4n) is 3.77. The summed E-state index contributed by atoms with van der Waals surface area (Å²) in [6.07, 6.45) is 6.12. The van der Waals surface area contributed by atoms with Crippen molar-refractivity contribution in [1.29, 1.82) is 0 Å². The molecular weight excluding hydrogens is 222 g/mol. The van der Waals surface area contributed by atoms with E-state index in [0.717, 1.165) is 25.7 Å². The minimum atomic E-state index is 0.249. The molecule has 0 bridgehead atoms. The second kappa shape index (κ2) is 5.02. The molecule has 1 aliphatic heterocycles. The predicted octanol–water partition coefficient (Wildman–Crippen LogP) is 2.65. The molecule has 98 valence electrons. The largest absolute Gasteiger partial charge is 0.381 e. The molecule has 1 saturated heterocycles. The summed E-state index contributed by atoms with van der Waals surface area (Å²) in [7, 11) is 0. The summed E-state index contributed by atoms with van der Waals surface area (Å²) in [5, 5.41) is 0. The van der Waals surface area contributed by atoms with E-state index in [1.54, 1.807) is 0 Å². The summed E-state index contributed by atoms with van der Waals surface area (Å²) in [6, 6.07) is 8.89. The van der Waals surface area contributed by atoms with E-state index in [0.29, 0.717) is 0 Å². The van der Waals surface area contributed by atoms with Crippen molar-refractivity contribution in [1.82, 2.24) is 0 Å². The number of hydrogen-bond donors (Lipinski definition) is 1. The van der Waals surface area contributed by atoms with E-state index in [4.69, 9.17) is 10.5 Å². The van der Waals surface area contributed by atoms with Gasteiger partial charge in [-0.1, -0.05) is 24.3 Å². The van der Waals surface area contributed by atoms with E-state index in [-0.39, 0.29) is 5.41 Å². The van der Waals surface area contributed by atoms with E-state index in [1.165, 1.54) is 43.2 Å². The Morgan fingerprint density at radius 2 is 2.00 bits per heavy atom. The van der Waals surface area contributed by atoms with Crippen molar-refractivity contribution in [2.45, 2.75) is 37.5 Å². The highest BCUT2D eigenvalue weighted by Crippen LogP contribution is 2.44. The minimum Gasteiger partial charge on any atom is -0.381 e. The van der Waals surface area contributed by atoms with Gasteiger partial charge in [-0.15, -0.1) is 0 Å². The lowest BCUT2D eigenvalue weighted by Crippen LogP contribution is -2.36. The highest BCUT2D eigenvalue weighted by atomic mass is 16.5. The molecular formula is C16H23NO. The molecule has 1 heterocycles. The highest BCUT2D eigenvalue weighted by Gasteiger charge is 2.39. The first-order valence-corrected chi connectivity index (χ1v) is 7.20. The lowest BCUT2D eigenvalue weighted by Gasteiger charge is -2.34. The average Bonchev–Trinajstić information content (AvgIpc) is 2.80. The number of aryl methyl sites for hydroxylation is 1. The molecule has 1 atom stereocenters. The van der Waals surface area contributed by atoms with Crippen molar-refractivity contribution in [3.8, 4) is 0 Å². The summed E-state index contributed by atoms with van der Waals surface area (Å²) in [6.45, 7) is 2.67. The molecule has 0 amide bonds. The number of fused-ring (bicyclic) bond motifs is 1. The Kier molecular flexibility index (Phi) is 3.40. The molecule has 18 heavy (non-hydrogen) atoms. The van der Waals surface area contributed by atoms with Crippen LogP contribution in [0.25, 0.3) is 0 Å². The van der Waals surface area contributed by atoms with Crippen molar-refractivity contribution in [2.75, 3.05) is 19.8 Å². The van der Waals surface area contributed by atoms with Crippen LogP contribution in [0, 0.1) is 5.92 Å². The second-order valence-electron chi connectivity index (χ2n) is 5.90. The first kappa shape index (κ1) is 12.2. The molecule has 3 rings (SSSR count). The molecule has 2 N–H and O–H groups in total. The second-order valence-corrected chi connectivity index (χ2v) is 5.90. The maximum absolute atomic E-state index is 6.17. The van der Waals surface area contributed by atoms with Gasteiger partial charge in [0.05, 0.1) is 0 Å². The monoisotopic (exact) mass is 245 g/mol. The first-order chi connectivity index (χ1) is 8.84.